The lowest BCUT2D eigenvalue weighted by atomic mass is 10.1. The van der Waals surface area contributed by atoms with E-state index in [1.54, 1.807) is 6.92 Å². The molecule has 0 saturated carbocycles. The van der Waals surface area contributed by atoms with Crippen LogP contribution in [0.3, 0.4) is 0 Å². The highest BCUT2D eigenvalue weighted by Gasteiger charge is 2.34. The van der Waals surface area contributed by atoms with Gasteiger partial charge in [-0.25, -0.2) is 25.2 Å². The number of nitrogens with zero attached hydrogens (tertiary/aromatic N) is 1. The first-order valence-electron chi connectivity index (χ1n) is 6.87. The maximum atomic E-state index is 12.1. The molecule has 4 amide bonds. The molecule has 0 aliphatic heterocycles. The topological polar surface area (TPSA) is 161 Å². The molecule has 0 radical (unpaired) electrons. The van der Waals surface area contributed by atoms with Crippen LogP contribution in [0, 0.1) is 0 Å². The zero-order valence-corrected chi connectivity index (χ0v) is 14.2. The molecular formula is C12H23N5O7. The molecule has 0 rings (SSSR count). The maximum Gasteiger partial charge on any atom is 0.449 e. The minimum Gasteiger partial charge on any atom is -0.452 e. The molecule has 5 N–H and O–H groups in total. The first-order chi connectivity index (χ1) is 11.0. The Labute approximate surface area is 138 Å². The molecule has 12 nitrogen and oxygen atoms in total. The van der Waals surface area contributed by atoms with Gasteiger partial charge in [-0.1, -0.05) is 0 Å². The smallest absolute Gasteiger partial charge is 0.449 e. The van der Waals surface area contributed by atoms with Crippen LogP contribution in [0.4, 0.5) is 14.4 Å². The number of nitrogens with two attached hydrogens (primary N) is 1. The average Bonchev–Trinajstić information content (AvgIpc) is 2.45. The van der Waals surface area contributed by atoms with Gasteiger partial charge in [-0.15, -0.1) is 5.12 Å². The standard InChI is InChI=1S/C12H23N5O7/c1-6-23-10(20)16-17(15-9(19)22-5)11(21)24-12(3,4)8(13)14-7(2)18/h8H,6,13H2,1-5H3,(H,14,18)(H,15,19)(H,16,20). The van der Waals surface area contributed by atoms with Crippen LogP contribution in [0.5, 0.6) is 0 Å². The molecule has 0 bridgehead atoms. The molecule has 0 aliphatic carbocycles. The molecule has 0 aromatic rings. The van der Waals surface area contributed by atoms with Crippen molar-refractivity contribution in [3.63, 3.8) is 0 Å². The van der Waals surface area contributed by atoms with Crippen LogP contribution < -0.4 is 21.9 Å². The number of hydrogen-bond acceptors (Lipinski definition) is 8. The Morgan fingerprint density at radius 1 is 1.17 bits per heavy atom. The fraction of sp³-hybridized carbons (Fsp3) is 0.667. The minimum atomic E-state index is -1.37. The van der Waals surface area contributed by atoms with Gasteiger partial charge in [0.25, 0.3) is 0 Å². The highest BCUT2D eigenvalue weighted by Crippen LogP contribution is 2.13. The summed E-state index contributed by atoms with van der Waals surface area (Å²) in [5.41, 5.74) is 8.22. The molecule has 0 saturated heterocycles. The molecule has 0 aromatic carbocycles. The second-order valence-electron chi connectivity index (χ2n) is 4.92. The largest absolute Gasteiger partial charge is 0.452 e. The van der Waals surface area contributed by atoms with Gasteiger partial charge in [-0.3, -0.25) is 4.79 Å². The van der Waals surface area contributed by atoms with E-state index in [4.69, 9.17) is 10.5 Å². The first-order valence-corrected chi connectivity index (χ1v) is 6.87. The van der Waals surface area contributed by atoms with Crippen LogP contribution in [-0.2, 0) is 19.0 Å². The van der Waals surface area contributed by atoms with Gasteiger partial charge in [0.1, 0.15) is 11.8 Å². The summed E-state index contributed by atoms with van der Waals surface area (Å²) in [4.78, 5) is 45.8. The number of ether oxygens (including phenoxy) is 3. The van der Waals surface area contributed by atoms with Crippen molar-refractivity contribution in [2.75, 3.05) is 13.7 Å². The van der Waals surface area contributed by atoms with Gasteiger partial charge < -0.3 is 25.3 Å². The summed E-state index contributed by atoms with van der Waals surface area (Å²) in [7, 11) is 1.06. The number of carbonyl (C=O) groups excluding carboxylic acids is 4. The van der Waals surface area contributed by atoms with Crippen molar-refractivity contribution in [3.8, 4) is 0 Å². The predicted molar refractivity (Wildman–Crippen MR) is 79.9 cm³/mol. The Morgan fingerprint density at radius 3 is 2.17 bits per heavy atom. The number of rotatable bonds is 4. The van der Waals surface area contributed by atoms with Crippen molar-refractivity contribution in [1.82, 2.24) is 21.3 Å². The van der Waals surface area contributed by atoms with E-state index >= 15 is 0 Å². The molecule has 1 atom stereocenters. The van der Waals surface area contributed by atoms with Crippen LogP contribution in [0.25, 0.3) is 0 Å². The third kappa shape index (κ3) is 7.49. The van der Waals surface area contributed by atoms with Crippen molar-refractivity contribution in [2.45, 2.75) is 39.5 Å². The van der Waals surface area contributed by atoms with Gasteiger partial charge >= 0.3 is 18.3 Å². The molecule has 1 unspecified atom stereocenters. The minimum absolute atomic E-state index is 0.0336. The summed E-state index contributed by atoms with van der Waals surface area (Å²) in [5, 5.41) is 2.68. The molecular weight excluding hydrogens is 326 g/mol. The molecule has 0 spiro atoms. The summed E-state index contributed by atoms with van der Waals surface area (Å²) in [6.07, 6.45) is -4.30. The predicted octanol–water partition coefficient (Wildman–Crippen LogP) is -0.443. The van der Waals surface area contributed by atoms with Crippen molar-refractivity contribution in [1.29, 1.82) is 0 Å². The van der Waals surface area contributed by atoms with Crippen LogP contribution >= 0.6 is 0 Å². The number of carbonyl (C=O) groups is 4. The Morgan fingerprint density at radius 2 is 1.71 bits per heavy atom. The number of hydrazine groups is 2. The molecule has 0 aliphatic rings. The number of nitrogens with one attached hydrogen (secondary N) is 3. The summed E-state index contributed by atoms with van der Waals surface area (Å²) in [5.74, 6) is -0.430. The van der Waals surface area contributed by atoms with Gasteiger partial charge in [0.15, 0.2) is 0 Å². The fourth-order valence-electron chi connectivity index (χ4n) is 1.24. The monoisotopic (exact) mass is 349 g/mol. The summed E-state index contributed by atoms with van der Waals surface area (Å²) >= 11 is 0. The van der Waals surface area contributed by atoms with Crippen molar-refractivity contribution in [2.24, 2.45) is 5.73 Å². The molecule has 0 fully saturated rings. The quantitative estimate of drug-likeness (QED) is 0.301. The second-order valence-corrected chi connectivity index (χ2v) is 4.92. The van der Waals surface area contributed by atoms with E-state index in [0.29, 0.717) is 5.12 Å². The zero-order chi connectivity index (χ0) is 18.9. The third-order valence-corrected chi connectivity index (χ3v) is 2.51. The average molecular weight is 349 g/mol. The summed E-state index contributed by atoms with van der Waals surface area (Å²) in [6.45, 7) is 5.67. The van der Waals surface area contributed by atoms with Gasteiger partial charge in [0.2, 0.25) is 5.91 Å². The Bertz CT molecular complexity index is 482. The van der Waals surface area contributed by atoms with Crippen LogP contribution in [-0.4, -0.2) is 54.8 Å². The third-order valence-electron chi connectivity index (χ3n) is 2.51. The normalized spacial score (nSPS) is 11.6. The highest BCUT2D eigenvalue weighted by atomic mass is 16.6. The molecule has 138 valence electrons. The Hall–Kier alpha value is -2.76. The zero-order valence-electron chi connectivity index (χ0n) is 14.2. The lowest BCUT2D eigenvalue weighted by Gasteiger charge is -2.33. The van der Waals surface area contributed by atoms with Crippen molar-refractivity contribution < 1.29 is 33.4 Å². The molecule has 0 aromatic heterocycles. The maximum absolute atomic E-state index is 12.1. The van der Waals surface area contributed by atoms with Gasteiger partial charge in [0.05, 0.1) is 13.7 Å². The van der Waals surface area contributed by atoms with E-state index in [2.05, 4.69) is 14.8 Å². The Balaban J connectivity index is 5.04. The van der Waals surface area contributed by atoms with E-state index in [-0.39, 0.29) is 6.61 Å². The molecule has 24 heavy (non-hydrogen) atoms. The fourth-order valence-corrected chi connectivity index (χ4v) is 1.24. The molecule has 0 heterocycles. The van der Waals surface area contributed by atoms with Gasteiger partial charge in [-0.05, 0) is 20.8 Å². The Kier molecular flexibility index (Phi) is 8.31. The second kappa shape index (κ2) is 9.39. The number of amides is 4. The van der Waals surface area contributed by atoms with Crippen LogP contribution in [0.2, 0.25) is 0 Å². The van der Waals surface area contributed by atoms with Crippen molar-refractivity contribution in [3.05, 3.63) is 0 Å². The van der Waals surface area contributed by atoms with E-state index in [1.165, 1.54) is 20.8 Å². The van der Waals surface area contributed by atoms with Gasteiger partial charge in [-0.2, -0.15) is 0 Å². The number of methoxy groups -OCH3 is 1. The summed E-state index contributed by atoms with van der Waals surface area (Å²) < 4.78 is 14.0. The summed E-state index contributed by atoms with van der Waals surface area (Å²) in [6, 6.07) is 0. The highest BCUT2D eigenvalue weighted by molar-refractivity contribution is 5.77. The van der Waals surface area contributed by atoms with E-state index in [0.717, 1.165) is 7.11 Å². The van der Waals surface area contributed by atoms with E-state index < -0.39 is 36.0 Å². The number of hydrogen-bond donors (Lipinski definition) is 4. The SMILES string of the molecule is CCOC(=O)NN(NC(=O)OC)C(=O)OC(C)(C)C(N)NC(C)=O. The van der Waals surface area contributed by atoms with Crippen molar-refractivity contribution >= 4 is 24.2 Å². The first kappa shape index (κ1) is 21.2. The lowest BCUT2D eigenvalue weighted by molar-refractivity contribution is -0.121. The van der Waals surface area contributed by atoms with Crippen LogP contribution in [0.1, 0.15) is 27.7 Å². The molecule has 12 heteroatoms. The lowest BCUT2D eigenvalue weighted by Crippen LogP contribution is -2.61. The van der Waals surface area contributed by atoms with E-state index in [1.807, 2.05) is 10.9 Å². The van der Waals surface area contributed by atoms with Crippen LogP contribution in [0.15, 0.2) is 0 Å². The van der Waals surface area contributed by atoms with Gasteiger partial charge in [0, 0.05) is 6.92 Å². The van der Waals surface area contributed by atoms with E-state index in [9.17, 15) is 19.2 Å².